The Kier molecular flexibility index (Phi) is 5.32. The van der Waals surface area contributed by atoms with Gasteiger partial charge in [0.2, 0.25) is 0 Å². The number of alkyl halides is 1. The molecule has 0 unspecified atom stereocenters. The Hall–Kier alpha value is -0.510. The highest BCUT2D eigenvalue weighted by Gasteiger charge is 2.11. The van der Waals surface area contributed by atoms with Crippen molar-refractivity contribution in [1.82, 2.24) is 0 Å². The number of hydrogen-bond donors (Lipinski definition) is 0. The summed E-state index contributed by atoms with van der Waals surface area (Å²) < 4.78 is 5.38. The molecular formula is C11H9BrCl2O2. The molecule has 86 valence electrons. The standard InChI is InChI=1S/C11H9BrCl2O2/c1-16-11(15)10(14)6-9(13)7-3-2-4-8(12)5-7/h2-6,9H,1H3/b10-6-/t9-/m0/s1. The zero-order valence-corrected chi connectivity index (χ0v) is 11.5. The molecule has 0 aromatic heterocycles. The van der Waals surface area contributed by atoms with E-state index in [0.717, 1.165) is 10.0 Å². The molecule has 0 amide bonds. The van der Waals surface area contributed by atoms with E-state index < -0.39 is 11.3 Å². The summed E-state index contributed by atoms with van der Waals surface area (Å²) in [6, 6.07) is 7.45. The van der Waals surface area contributed by atoms with Gasteiger partial charge in [0.1, 0.15) is 5.03 Å². The molecule has 0 bridgehead atoms. The lowest BCUT2D eigenvalue weighted by atomic mass is 10.1. The molecular weight excluding hydrogens is 315 g/mol. The van der Waals surface area contributed by atoms with Crippen LogP contribution in [0.2, 0.25) is 0 Å². The normalized spacial score (nSPS) is 13.4. The zero-order chi connectivity index (χ0) is 12.1. The van der Waals surface area contributed by atoms with Crippen LogP contribution in [0, 0.1) is 0 Å². The first-order valence-corrected chi connectivity index (χ1v) is 6.00. The fourth-order valence-corrected chi connectivity index (χ4v) is 2.01. The van der Waals surface area contributed by atoms with Gasteiger partial charge >= 0.3 is 5.97 Å². The largest absolute Gasteiger partial charge is 0.465 e. The quantitative estimate of drug-likeness (QED) is 0.477. The van der Waals surface area contributed by atoms with E-state index in [-0.39, 0.29) is 5.03 Å². The van der Waals surface area contributed by atoms with Gasteiger partial charge in [-0.2, -0.15) is 0 Å². The summed E-state index contributed by atoms with van der Waals surface area (Å²) in [5, 5.41) is -0.494. The van der Waals surface area contributed by atoms with Gasteiger partial charge < -0.3 is 4.74 Å². The molecule has 0 spiro atoms. The van der Waals surface area contributed by atoms with Gasteiger partial charge in [0.25, 0.3) is 0 Å². The molecule has 2 nitrogen and oxygen atoms in total. The highest BCUT2D eigenvalue weighted by molar-refractivity contribution is 9.10. The molecule has 0 fully saturated rings. The third kappa shape index (κ3) is 3.81. The molecule has 16 heavy (non-hydrogen) atoms. The average Bonchev–Trinajstić information content (AvgIpc) is 2.27. The second kappa shape index (κ2) is 6.28. The molecule has 1 aromatic rings. The van der Waals surface area contributed by atoms with E-state index in [4.69, 9.17) is 23.2 Å². The molecule has 0 aliphatic carbocycles. The Morgan fingerprint density at radius 2 is 2.25 bits per heavy atom. The van der Waals surface area contributed by atoms with E-state index in [9.17, 15) is 4.79 Å². The second-order valence-corrected chi connectivity index (χ2v) is 4.76. The minimum Gasteiger partial charge on any atom is -0.465 e. The summed E-state index contributed by atoms with van der Waals surface area (Å²) in [5.74, 6) is -0.595. The number of benzene rings is 1. The Morgan fingerprint density at radius 3 is 2.81 bits per heavy atom. The molecule has 0 heterocycles. The van der Waals surface area contributed by atoms with E-state index >= 15 is 0 Å². The van der Waals surface area contributed by atoms with Crippen LogP contribution in [-0.4, -0.2) is 13.1 Å². The molecule has 0 aliphatic rings. The van der Waals surface area contributed by atoms with Crippen molar-refractivity contribution in [3.8, 4) is 0 Å². The van der Waals surface area contributed by atoms with Crippen molar-refractivity contribution < 1.29 is 9.53 Å². The lowest BCUT2D eigenvalue weighted by Gasteiger charge is -2.06. The predicted molar refractivity (Wildman–Crippen MR) is 68.7 cm³/mol. The van der Waals surface area contributed by atoms with Crippen molar-refractivity contribution in [2.45, 2.75) is 5.38 Å². The van der Waals surface area contributed by atoms with Crippen LogP contribution in [-0.2, 0) is 9.53 Å². The highest BCUT2D eigenvalue weighted by atomic mass is 79.9. The van der Waals surface area contributed by atoms with Crippen LogP contribution in [0.15, 0.2) is 39.8 Å². The smallest absolute Gasteiger partial charge is 0.349 e. The number of halogens is 3. The number of hydrogen-bond acceptors (Lipinski definition) is 2. The first-order chi connectivity index (χ1) is 7.54. The zero-order valence-electron chi connectivity index (χ0n) is 8.41. The van der Waals surface area contributed by atoms with Gasteiger partial charge in [-0.25, -0.2) is 4.79 Å². The number of allylic oxidation sites excluding steroid dienone is 1. The van der Waals surface area contributed by atoms with Gasteiger partial charge in [0.15, 0.2) is 0 Å². The molecule has 0 aliphatic heterocycles. The molecule has 0 radical (unpaired) electrons. The molecule has 1 rings (SSSR count). The monoisotopic (exact) mass is 322 g/mol. The second-order valence-electron chi connectivity index (χ2n) is 2.96. The van der Waals surface area contributed by atoms with Crippen LogP contribution in [0.4, 0.5) is 0 Å². The summed E-state index contributed by atoms with van der Waals surface area (Å²) in [7, 11) is 1.26. The third-order valence-electron chi connectivity index (χ3n) is 1.84. The van der Waals surface area contributed by atoms with Gasteiger partial charge in [-0.1, -0.05) is 39.7 Å². The summed E-state index contributed by atoms with van der Waals surface area (Å²) >= 11 is 15.1. The molecule has 0 saturated heterocycles. The lowest BCUT2D eigenvalue weighted by molar-refractivity contribution is -0.135. The molecule has 0 N–H and O–H groups in total. The highest BCUT2D eigenvalue weighted by Crippen LogP contribution is 2.26. The van der Waals surface area contributed by atoms with Crippen LogP contribution in [0.3, 0.4) is 0 Å². The van der Waals surface area contributed by atoms with E-state index in [1.807, 2.05) is 24.3 Å². The third-order valence-corrected chi connectivity index (χ3v) is 2.99. The van der Waals surface area contributed by atoms with Crippen LogP contribution in [0.25, 0.3) is 0 Å². The number of carbonyl (C=O) groups excluding carboxylic acids is 1. The van der Waals surface area contributed by atoms with Gasteiger partial charge in [-0.3, -0.25) is 0 Å². The Bertz CT molecular complexity index is 418. The van der Waals surface area contributed by atoms with Crippen LogP contribution in [0.1, 0.15) is 10.9 Å². The maximum absolute atomic E-state index is 11.1. The van der Waals surface area contributed by atoms with Crippen molar-refractivity contribution in [3.05, 3.63) is 45.4 Å². The Morgan fingerprint density at radius 1 is 1.56 bits per heavy atom. The number of rotatable bonds is 3. The maximum Gasteiger partial charge on any atom is 0.349 e. The summed E-state index contributed by atoms with van der Waals surface area (Å²) in [5.41, 5.74) is 0.845. The van der Waals surface area contributed by atoms with Crippen LogP contribution >= 0.6 is 39.1 Å². The van der Waals surface area contributed by atoms with Crippen molar-refractivity contribution in [2.75, 3.05) is 7.11 Å². The van der Waals surface area contributed by atoms with Gasteiger partial charge in [0, 0.05) is 4.47 Å². The maximum atomic E-state index is 11.1. The average molecular weight is 324 g/mol. The van der Waals surface area contributed by atoms with E-state index in [0.29, 0.717) is 0 Å². The molecule has 5 heteroatoms. The topological polar surface area (TPSA) is 26.3 Å². The summed E-state index contributed by atoms with van der Waals surface area (Å²) in [6.45, 7) is 0. The van der Waals surface area contributed by atoms with Crippen LogP contribution < -0.4 is 0 Å². The number of ether oxygens (including phenoxy) is 1. The molecule has 0 saturated carbocycles. The van der Waals surface area contributed by atoms with E-state index in [1.165, 1.54) is 13.2 Å². The molecule has 1 aromatic carbocycles. The van der Waals surface area contributed by atoms with Gasteiger partial charge in [-0.15, -0.1) is 11.6 Å². The first-order valence-electron chi connectivity index (χ1n) is 4.39. The lowest BCUT2D eigenvalue weighted by Crippen LogP contribution is -2.00. The summed E-state index contributed by atoms with van der Waals surface area (Å²) in [6.07, 6.45) is 1.44. The Balaban J connectivity index is 2.87. The number of esters is 1. The van der Waals surface area contributed by atoms with E-state index in [2.05, 4.69) is 20.7 Å². The van der Waals surface area contributed by atoms with Gasteiger partial charge in [0.05, 0.1) is 12.5 Å². The summed E-state index contributed by atoms with van der Waals surface area (Å²) in [4.78, 5) is 11.1. The number of carbonyl (C=O) groups is 1. The predicted octanol–water partition coefficient (Wildman–Crippen LogP) is 4.02. The fraction of sp³-hybridized carbons (Fsp3) is 0.182. The minimum atomic E-state index is -0.595. The van der Waals surface area contributed by atoms with Crippen molar-refractivity contribution >= 4 is 45.1 Å². The molecule has 1 atom stereocenters. The van der Waals surface area contributed by atoms with Gasteiger partial charge in [-0.05, 0) is 23.8 Å². The first kappa shape index (κ1) is 13.6. The Labute approximate surface area is 112 Å². The SMILES string of the molecule is COC(=O)/C(Cl)=C/[C@H](Cl)c1cccc(Br)c1. The number of methoxy groups -OCH3 is 1. The minimum absolute atomic E-state index is 0.0255. The van der Waals surface area contributed by atoms with Crippen molar-refractivity contribution in [3.63, 3.8) is 0 Å². The van der Waals surface area contributed by atoms with Crippen molar-refractivity contribution in [2.24, 2.45) is 0 Å². The van der Waals surface area contributed by atoms with E-state index in [1.54, 1.807) is 0 Å². The van der Waals surface area contributed by atoms with Crippen LogP contribution in [0.5, 0.6) is 0 Å². The fourth-order valence-electron chi connectivity index (χ4n) is 1.07. The van der Waals surface area contributed by atoms with Crippen molar-refractivity contribution in [1.29, 1.82) is 0 Å².